The van der Waals surface area contributed by atoms with Crippen molar-refractivity contribution in [1.82, 2.24) is 0 Å². The molecule has 1 spiro atoms. The van der Waals surface area contributed by atoms with Crippen LogP contribution in [0.2, 0.25) is 0 Å². The van der Waals surface area contributed by atoms with Crippen LogP contribution in [0.15, 0.2) is 11.6 Å². The molecule has 0 aromatic carbocycles. The van der Waals surface area contributed by atoms with Crippen molar-refractivity contribution < 1.29 is 14.3 Å². The van der Waals surface area contributed by atoms with E-state index in [9.17, 15) is 9.59 Å². The van der Waals surface area contributed by atoms with Gasteiger partial charge in [-0.15, -0.1) is 0 Å². The first-order valence-corrected chi connectivity index (χ1v) is 11.4. The number of hydrogen-bond donors (Lipinski definition) is 0. The molecular weight excluding hydrogens is 336 g/mol. The zero-order chi connectivity index (χ0) is 18.3. The van der Waals surface area contributed by atoms with Crippen LogP contribution in [0.5, 0.6) is 0 Å². The highest BCUT2D eigenvalue weighted by atomic mass is 16.6. The first-order valence-electron chi connectivity index (χ1n) is 11.4. The van der Waals surface area contributed by atoms with Crippen LogP contribution >= 0.6 is 0 Å². The van der Waals surface area contributed by atoms with Gasteiger partial charge in [0.1, 0.15) is 5.60 Å². The minimum atomic E-state index is -0.188. The minimum absolute atomic E-state index is 0.0486. The molecule has 144 valence electrons. The second-order valence-electron chi connectivity index (χ2n) is 11.5. The van der Waals surface area contributed by atoms with E-state index < -0.39 is 0 Å². The van der Waals surface area contributed by atoms with E-state index >= 15 is 0 Å². The topological polar surface area (TPSA) is 43.4 Å². The standard InChI is InChI=1S/C24H30O3/c1-22-6-3-12(25)9-17(22)13-10-14(13)20-16(22)4-7-24-8-5-19(26)27-23(24,2)18-11-15(18)21(20)24/h9,13-16,18,20-21H,3-8,10-11H2,1-2H3/t13-,14+,15-,16?,18+,20?,21?,22-,23+,24-/m1/s1. The van der Waals surface area contributed by atoms with Gasteiger partial charge < -0.3 is 4.74 Å². The zero-order valence-electron chi connectivity index (χ0n) is 16.5. The molecule has 7 aliphatic rings. The van der Waals surface area contributed by atoms with Gasteiger partial charge in [0, 0.05) is 24.2 Å². The third-order valence-corrected chi connectivity index (χ3v) is 10.9. The van der Waals surface area contributed by atoms with Crippen molar-refractivity contribution in [2.24, 2.45) is 52.3 Å². The van der Waals surface area contributed by atoms with Crippen molar-refractivity contribution in [1.29, 1.82) is 0 Å². The summed E-state index contributed by atoms with van der Waals surface area (Å²) in [4.78, 5) is 24.4. The Balaban J connectivity index is 1.35. The third-order valence-electron chi connectivity index (χ3n) is 10.9. The Morgan fingerprint density at radius 3 is 2.70 bits per heavy atom. The molecule has 1 heterocycles. The fourth-order valence-electron chi connectivity index (χ4n) is 9.78. The van der Waals surface area contributed by atoms with Gasteiger partial charge in [0.25, 0.3) is 0 Å². The van der Waals surface area contributed by atoms with Crippen LogP contribution in [0.25, 0.3) is 0 Å². The number of fused-ring (bicyclic) bond motifs is 10. The number of hydrogen-bond acceptors (Lipinski definition) is 3. The molecule has 7 rings (SSSR count). The number of ether oxygens (including phenoxy) is 1. The molecule has 6 aliphatic carbocycles. The van der Waals surface area contributed by atoms with E-state index in [0.29, 0.717) is 24.0 Å². The first kappa shape index (κ1) is 15.8. The maximum Gasteiger partial charge on any atom is 0.306 e. The van der Waals surface area contributed by atoms with Gasteiger partial charge in [-0.1, -0.05) is 12.5 Å². The van der Waals surface area contributed by atoms with Gasteiger partial charge in [-0.2, -0.15) is 0 Å². The van der Waals surface area contributed by atoms with E-state index in [1.807, 2.05) is 0 Å². The summed E-state index contributed by atoms with van der Waals surface area (Å²) in [7, 11) is 0. The second kappa shape index (κ2) is 4.39. The fourth-order valence-corrected chi connectivity index (χ4v) is 9.78. The molecule has 0 aromatic heterocycles. The molecule has 0 bridgehead atoms. The predicted octanol–water partition coefficient (Wildman–Crippen LogP) is 4.31. The zero-order valence-corrected chi connectivity index (χ0v) is 16.5. The monoisotopic (exact) mass is 366 g/mol. The molecule has 1 saturated heterocycles. The number of ketones is 1. The molecule has 0 amide bonds. The van der Waals surface area contributed by atoms with Crippen LogP contribution in [-0.2, 0) is 14.3 Å². The van der Waals surface area contributed by atoms with Gasteiger partial charge in [-0.05, 0) is 92.4 Å². The number of allylic oxidation sites excluding steroid dienone is 1. The van der Waals surface area contributed by atoms with Crippen LogP contribution in [0.3, 0.4) is 0 Å². The maximum absolute atomic E-state index is 12.2. The highest BCUT2D eigenvalue weighted by molar-refractivity contribution is 5.92. The molecule has 0 aromatic rings. The van der Waals surface area contributed by atoms with Crippen molar-refractivity contribution >= 4 is 11.8 Å². The Labute approximate surface area is 161 Å². The van der Waals surface area contributed by atoms with Crippen LogP contribution in [0.1, 0.15) is 65.2 Å². The van der Waals surface area contributed by atoms with E-state index in [0.717, 1.165) is 48.9 Å². The summed E-state index contributed by atoms with van der Waals surface area (Å²) in [5.74, 6) is 5.67. The largest absolute Gasteiger partial charge is 0.458 e. The van der Waals surface area contributed by atoms with Gasteiger partial charge in [0.2, 0.25) is 0 Å². The summed E-state index contributed by atoms with van der Waals surface area (Å²) in [5, 5.41) is 0. The third kappa shape index (κ3) is 1.58. The fraction of sp³-hybridized carbons (Fsp3) is 0.833. The van der Waals surface area contributed by atoms with E-state index in [4.69, 9.17) is 4.74 Å². The molecule has 0 radical (unpaired) electrons. The van der Waals surface area contributed by atoms with Crippen molar-refractivity contribution in [3.8, 4) is 0 Å². The normalized spacial score (nSPS) is 62.0. The Morgan fingerprint density at radius 1 is 1.00 bits per heavy atom. The number of carbonyl (C=O) groups is 2. The molecule has 3 nitrogen and oxygen atoms in total. The van der Waals surface area contributed by atoms with E-state index in [-0.39, 0.29) is 22.4 Å². The average molecular weight is 367 g/mol. The minimum Gasteiger partial charge on any atom is -0.458 e. The summed E-state index contributed by atoms with van der Waals surface area (Å²) >= 11 is 0. The molecule has 6 fully saturated rings. The smallest absolute Gasteiger partial charge is 0.306 e. The van der Waals surface area contributed by atoms with Crippen LogP contribution in [0.4, 0.5) is 0 Å². The summed E-state index contributed by atoms with van der Waals surface area (Å²) in [5.41, 5.74) is 1.86. The Bertz CT molecular complexity index is 827. The van der Waals surface area contributed by atoms with Crippen molar-refractivity contribution in [3.05, 3.63) is 11.6 Å². The highest BCUT2D eigenvalue weighted by Gasteiger charge is 2.80. The summed E-state index contributed by atoms with van der Waals surface area (Å²) in [6, 6.07) is 0. The lowest BCUT2D eigenvalue weighted by atomic mass is 9.44. The summed E-state index contributed by atoms with van der Waals surface area (Å²) < 4.78 is 6.19. The van der Waals surface area contributed by atoms with Crippen LogP contribution < -0.4 is 0 Å². The Morgan fingerprint density at radius 2 is 1.85 bits per heavy atom. The van der Waals surface area contributed by atoms with Crippen molar-refractivity contribution in [2.75, 3.05) is 0 Å². The molecule has 3 heteroatoms. The molecule has 27 heavy (non-hydrogen) atoms. The lowest BCUT2D eigenvalue weighted by Gasteiger charge is -2.62. The number of esters is 1. The van der Waals surface area contributed by atoms with Crippen molar-refractivity contribution in [2.45, 2.75) is 70.8 Å². The van der Waals surface area contributed by atoms with Crippen LogP contribution in [0, 0.1) is 52.3 Å². The lowest BCUT2D eigenvalue weighted by Crippen LogP contribution is -2.60. The van der Waals surface area contributed by atoms with E-state index in [2.05, 4.69) is 19.9 Å². The molecule has 3 unspecified atom stereocenters. The Kier molecular flexibility index (Phi) is 2.56. The summed E-state index contributed by atoms with van der Waals surface area (Å²) in [6.07, 6.45) is 10.7. The van der Waals surface area contributed by atoms with Gasteiger partial charge in [0.05, 0.1) is 0 Å². The van der Waals surface area contributed by atoms with Gasteiger partial charge in [-0.3, -0.25) is 9.59 Å². The number of carbonyl (C=O) groups excluding carboxylic acids is 2. The van der Waals surface area contributed by atoms with E-state index in [1.54, 1.807) is 0 Å². The SMILES string of the molecule is C[C@]12CCC(=O)C=C1[C@@H]1C[C@@H]1C1C3[C@@H]4C[C@@H]4[C@]4(C)OC(=O)CC[C@]34CCC12. The molecule has 1 aliphatic heterocycles. The Hall–Kier alpha value is -1.12. The van der Waals surface area contributed by atoms with Gasteiger partial charge >= 0.3 is 5.97 Å². The molecule has 0 N–H and O–H groups in total. The lowest BCUT2D eigenvalue weighted by molar-refractivity contribution is -0.212. The second-order valence-corrected chi connectivity index (χ2v) is 11.5. The highest BCUT2D eigenvalue weighted by Crippen LogP contribution is 2.82. The molecule has 5 saturated carbocycles. The van der Waals surface area contributed by atoms with Crippen molar-refractivity contribution in [3.63, 3.8) is 0 Å². The first-order chi connectivity index (χ1) is 12.9. The van der Waals surface area contributed by atoms with E-state index in [1.165, 1.54) is 31.3 Å². The predicted molar refractivity (Wildman–Crippen MR) is 99.5 cm³/mol. The molecule has 10 atom stereocenters. The average Bonchev–Trinajstić information content (AvgIpc) is 3.52. The molecular formula is C24H30O3. The van der Waals surface area contributed by atoms with Crippen LogP contribution in [-0.4, -0.2) is 17.4 Å². The number of rotatable bonds is 0. The van der Waals surface area contributed by atoms with Gasteiger partial charge in [-0.25, -0.2) is 0 Å². The quantitative estimate of drug-likeness (QED) is 0.600. The van der Waals surface area contributed by atoms with Gasteiger partial charge in [0.15, 0.2) is 5.78 Å². The summed E-state index contributed by atoms with van der Waals surface area (Å²) in [6.45, 7) is 4.80. The maximum atomic E-state index is 12.2.